The monoisotopic (exact) mass is 399 g/mol. The molecule has 0 aliphatic carbocycles. The molecule has 5 rings (SSSR count). The first-order chi connectivity index (χ1) is 14.0. The zero-order chi connectivity index (χ0) is 20.0. The molecule has 1 aliphatic rings. The Labute approximate surface area is 163 Å². The third-order valence-electron chi connectivity index (χ3n) is 4.98. The molecule has 0 amide bonds. The van der Waals surface area contributed by atoms with Crippen LogP contribution in [0.5, 0.6) is 0 Å². The first-order valence-electron chi connectivity index (χ1n) is 9.20. The third-order valence-corrected chi connectivity index (χ3v) is 4.98. The van der Waals surface area contributed by atoms with Crippen molar-refractivity contribution in [2.45, 2.75) is 6.18 Å². The van der Waals surface area contributed by atoms with Gasteiger partial charge in [0.15, 0.2) is 16.9 Å². The Hall–Kier alpha value is -3.13. The fourth-order valence-corrected chi connectivity index (χ4v) is 3.51. The minimum atomic E-state index is -4.39. The van der Waals surface area contributed by atoms with Crippen molar-refractivity contribution in [1.29, 1.82) is 0 Å². The number of hydrogen-bond acceptors (Lipinski definition) is 5. The van der Waals surface area contributed by atoms with Crippen molar-refractivity contribution in [2.75, 3.05) is 31.2 Å². The van der Waals surface area contributed by atoms with Crippen LogP contribution in [0.2, 0.25) is 0 Å². The number of benzene rings is 2. The Morgan fingerprint density at radius 3 is 2.34 bits per heavy atom. The van der Waals surface area contributed by atoms with E-state index >= 15 is 0 Å². The van der Waals surface area contributed by atoms with Crippen molar-refractivity contribution in [3.63, 3.8) is 0 Å². The summed E-state index contributed by atoms with van der Waals surface area (Å²) in [6, 6.07) is 12.4. The van der Waals surface area contributed by atoms with Crippen LogP contribution in [0, 0.1) is 0 Å². The van der Waals surface area contributed by atoms with Gasteiger partial charge in [-0.05, 0) is 36.4 Å². The number of fused-ring (bicyclic) bond motifs is 3. The van der Waals surface area contributed by atoms with E-state index in [1.165, 1.54) is 12.1 Å². The first kappa shape index (κ1) is 17.9. The van der Waals surface area contributed by atoms with E-state index in [0.29, 0.717) is 48.8 Å². The molecule has 1 saturated heterocycles. The molecule has 2 aromatic heterocycles. The molecule has 0 atom stereocenters. The van der Waals surface area contributed by atoms with Crippen molar-refractivity contribution in [1.82, 2.24) is 9.97 Å². The SMILES string of the molecule is FC(F)(F)c1ccc(-c2nc3c(N4CCOCC4)nc4ccccc4c3o2)cc1. The quantitative estimate of drug-likeness (QED) is 0.480. The molecule has 8 heteroatoms. The number of anilines is 1. The molecule has 0 spiro atoms. The minimum absolute atomic E-state index is 0.265. The lowest BCUT2D eigenvalue weighted by molar-refractivity contribution is -0.137. The predicted octanol–water partition coefficient (Wildman–Crippen LogP) is 4.90. The first-order valence-corrected chi connectivity index (χ1v) is 9.20. The Morgan fingerprint density at radius 1 is 0.897 bits per heavy atom. The maximum Gasteiger partial charge on any atom is 0.416 e. The zero-order valence-electron chi connectivity index (χ0n) is 15.2. The number of hydrogen-bond donors (Lipinski definition) is 0. The van der Waals surface area contributed by atoms with Gasteiger partial charge in [0.25, 0.3) is 0 Å². The molecule has 0 bridgehead atoms. The van der Waals surface area contributed by atoms with Gasteiger partial charge in [-0.3, -0.25) is 0 Å². The van der Waals surface area contributed by atoms with Gasteiger partial charge in [-0.1, -0.05) is 12.1 Å². The van der Waals surface area contributed by atoms with Gasteiger partial charge >= 0.3 is 6.18 Å². The van der Waals surface area contributed by atoms with E-state index in [1.54, 1.807) is 0 Å². The van der Waals surface area contributed by atoms with E-state index in [2.05, 4.69) is 9.88 Å². The van der Waals surface area contributed by atoms with Gasteiger partial charge in [0, 0.05) is 24.0 Å². The fraction of sp³-hybridized carbons (Fsp3) is 0.238. The second-order valence-corrected chi connectivity index (χ2v) is 6.82. The Bertz CT molecular complexity index is 1180. The summed E-state index contributed by atoms with van der Waals surface area (Å²) in [6.07, 6.45) is -4.39. The van der Waals surface area contributed by atoms with Crippen molar-refractivity contribution in [3.8, 4) is 11.5 Å². The molecule has 5 nitrogen and oxygen atoms in total. The van der Waals surface area contributed by atoms with Crippen molar-refractivity contribution in [3.05, 3.63) is 54.1 Å². The molecule has 1 aliphatic heterocycles. The highest BCUT2D eigenvalue weighted by Crippen LogP contribution is 2.36. The molecule has 148 valence electrons. The van der Waals surface area contributed by atoms with E-state index in [-0.39, 0.29) is 5.89 Å². The van der Waals surface area contributed by atoms with Crippen LogP contribution in [0.25, 0.3) is 33.5 Å². The highest BCUT2D eigenvalue weighted by molar-refractivity contribution is 6.06. The number of oxazole rings is 1. The maximum atomic E-state index is 12.9. The summed E-state index contributed by atoms with van der Waals surface area (Å²) in [5.41, 5.74) is 1.72. The lowest BCUT2D eigenvalue weighted by atomic mass is 10.1. The van der Waals surface area contributed by atoms with Crippen LogP contribution in [0.15, 0.2) is 52.9 Å². The fourth-order valence-electron chi connectivity index (χ4n) is 3.51. The summed E-state index contributed by atoms with van der Waals surface area (Å²) < 4.78 is 50.0. The van der Waals surface area contributed by atoms with Crippen LogP contribution >= 0.6 is 0 Å². The average Bonchev–Trinajstić information content (AvgIpc) is 3.19. The van der Waals surface area contributed by atoms with E-state index in [4.69, 9.17) is 14.1 Å². The number of ether oxygens (including phenoxy) is 1. The van der Waals surface area contributed by atoms with E-state index < -0.39 is 11.7 Å². The van der Waals surface area contributed by atoms with Crippen LogP contribution in [0.1, 0.15) is 5.56 Å². The Balaban J connectivity index is 1.67. The molecule has 3 heterocycles. The van der Waals surface area contributed by atoms with Gasteiger partial charge in [-0.2, -0.15) is 13.2 Å². The summed E-state index contributed by atoms with van der Waals surface area (Å²) in [4.78, 5) is 11.5. The number of rotatable bonds is 2. The normalized spacial score (nSPS) is 15.3. The highest BCUT2D eigenvalue weighted by atomic mass is 19.4. The van der Waals surface area contributed by atoms with E-state index in [1.807, 2.05) is 24.3 Å². The number of pyridine rings is 1. The molecule has 0 saturated carbocycles. The standard InChI is InChI=1S/C21H16F3N3O2/c22-21(23,24)14-7-5-13(6-8-14)20-26-17-18(29-20)15-3-1-2-4-16(15)25-19(17)27-9-11-28-12-10-27/h1-8H,9-12H2. The maximum absolute atomic E-state index is 12.9. The summed E-state index contributed by atoms with van der Waals surface area (Å²) in [6.45, 7) is 2.56. The van der Waals surface area contributed by atoms with Gasteiger partial charge in [-0.25, -0.2) is 9.97 Å². The molecular weight excluding hydrogens is 383 g/mol. The lowest BCUT2D eigenvalue weighted by Crippen LogP contribution is -2.36. The van der Waals surface area contributed by atoms with Crippen molar-refractivity contribution in [2.24, 2.45) is 0 Å². The molecule has 0 N–H and O–H groups in total. The van der Waals surface area contributed by atoms with E-state index in [9.17, 15) is 13.2 Å². The van der Waals surface area contributed by atoms with Crippen LogP contribution in [0.3, 0.4) is 0 Å². The molecule has 0 radical (unpaired) electrons. The van der Waals surface area contributed by atoms with Gasteiger partial charge < -0.3 is 14.1 Å². The zero-order valence-corrected chi connectivity index (χ0v) is 15.2. The van der Waals surface area contributed by atoms with Crippen LogP contribution in [-0.2, 0) is 10.9 Å². The average molecular weight is 399 g/mol. The molecular formula is C21H16F3N3O2. The van der Waals surface area contributed by atoms with Crippen molar-refractivity contribution >= 4 is 27.8 Å². The second kappa shape index (κ2) is 6.73. The molecule has 0 unspecified atom stereocenters. The van der Waals surface area contributed by atoms with Gasteiger partial charge in [0.05, 0.1) is 24.3 Å². The number of halogens is 3. The number of alkyl halides is 3. The minimum Gasteiger partial charge on any atom is -0.435 e. The number of para-hydroxylation sites is 1. The van der Waals surface area contributed by atoms with Crippen LogP contribution in [0.4, 0.5) is 19.0 Å². The number of nitrogens with zero attached hydrogens (tertiary/aromatic N) is 3. The summed E-state index contributed by atoms with van der Waals surface area (Å²) >= 11 is 0. The van der Waals surface area contributed by atoms with Crippen LogP contribution < -0.4 is 4.90 Å². The number of morpholine rings is 1. The molecule has 1 fully saturated rings. The molecule has 4 aromatic rings. The van der Waals surface area contributed by atoms with Gasteiger partial charge in [0.1, 0.15) is 0 Å². The summed E-state index contributed by atoms with van der Waals surface area (Å²) in [7, 11) is 0. The molecule has 29 heavy (non-hydrogen) atoms. The van der Waals surface area contributed by atoms with Gasteiger partial charge in [0.2, 0.25) is 5.89 Å². The lowest BCUT2D eigenvalue weighted by Gasteiger charge is -2.28. The summed E-state index contributed by atoms with van der Waals surface area (Å²) in [5, 5.41) is 0.810. The molecule has 2 aromatic carbocycles. The van der Waals surface area contributed by atoms with E-state index in [0.717, 1.165) is 23.0 Å². The third kappa shape index (κ3) is 3.19. The summed E-state index contributed by atoms with van der Waals surface area (Å²) in [5.74, 6) is 0.963. The predicted molar refractivity (Wildman–Crippen MR) is 103 cm³/mol. The Kier molecular flexibility index (Phi) is 4.16. The van der Waals surface area contributed by atoms with Crippen LogP contribution in [-0.4, -0.2) is 36.3 Å². The highest BCUT2D eigenvalue weighted by Gasteiger charge is 2.30. The topological polar surface area (TPSA) is 51.4 Å². The Morgan fingerprint density at radius 2 is 1.62 bits per heavy atom. The smallest absolute Gasteiger partial charge is 0.416 e. The second-order valence-electron chi connectivity index (χ2n) is 6.82. The largest absolute Gasteiger partial charge is 0.435 e. The number of aromatic nitrogens is 2. The van der Waals surface area contributed by atoms with Gasteiger partial charge in [-0.15, -0.1) is 0 Å². The van der Waals surface area contributed by atoms with Crippen molar-refractivity contribution < 1.29 is 22.3 Å².